The quantitative estimate of drug-likeness (QED) is 0.721. The first-order valence-electron chi connectivity index (χ1n) is 6.13. The minimum absolute atomic E-state index is 1.08. The Morgan fingerprint density at radius 1 is 0.611 bits per heavy atom. The van der Waals surface area contributed by atoms with Gasteiger partial charge in [-0.2, -0.15) is 0 Å². The molecule has 3 rings (SSSR count). The van der Waals surface area contributed by atoms with Crippen molar-refractivity contribution in [1.29, 1.82) is 0 Å². The molecule has 0 fully saturated rings. The van der Waals surface area contributed by atoms with E-state index in [1.54, 1.807) is 8.72 Å². The van der Waals surface area contributed by atoms with Crippen LogP contribution in [0.25, 0.3) is 8.72 Å². The Morgan fingerprint density at radius 2 is 1.00 bits per heavy atom. The van der Waals surface area contributed by atoms with Crippen molar-refractivity contribution in [2.75, 3.05) is 0 Å². The molecule has 0 radical (unpaired) electrons. The molecule has 0 saturated heterocycles. The van der Waals surface area contributed by atoms with Crippen LogP contribution in [0, 0.1) is 0 Å². The maximum atomic E-state index is 2.43. The molecule has 1 heteroatoms. The summed E-state index contributed by atoms with van der Waals surface area (Å²) in [6, 6.07) is 21.5. The molecule has 0 unspecified atom stereocenters. The normalized spacial score (nSPS) is 15.4. The average molecular weight is 294 g/mol. The molecule has 0 amide bonds. The molecule has 0 saturated carbocycles. The predicted octanol–water partition coefficient (Wildman–Crippen LogP) is 4.37. The van der Waals surface area contributed by atoms with E-state index in [4.69, 9.17) is 0 Å². The zero-order valence-electron chi connectivity index (χ0n) is 10.4. The van der Waals surface area contributed by atoms with E-state index in [0.29, 0.717) is 0 Å². The van der Waals surface area contributed by atoms with Gasteiger partial charge in [0, 0.05) is 0 Å². The number of allylic oxidation sites excluding steroid dienone is 2. The average Bonchev–Trinajstić information content (AvgIpc) is 2.83. The topological polar surface area (TPSA) is 0 Å². The zero-order valence-corrected chi connectivity index (χ0v) is 12.3. The summed E-state index contributed by atoms with van der Waals surface area (Å²) in [6.07, 6.45) is 4.63. The van der Waals surface area contributed by atoms with Gasteiger partial charge >= 0.3 is 113 Å². The molecule has 0 nitrogen and oxygen atoms in total. The Morgan fingerprint density at radius 3 is 1.39 bits per heavy atom. The van der Waals surface area contributed by atoms with Crippen LogP contribution in [0.4, 0.5) is 0 Å². The van der Waals surface area contributed by atoms with Crippen molar-refractivity contribution in [1.82, 2.24) is 0 Å². The van der Waals surface area contributed by atoms with Gasteiger partial charge < -0.3 is 0 Å². The molecule has 0 spiro atoms. The van der Waals surface area contributed by atoms with Crippen LogP contribution in [-0.4, -0.2) is 14.7 Å². The van der Waals surface area contributed by atoms with Crippen LogP contribution in [0.2, 0.25) is 5.71 Å². The van der Waals surface area contributed by atoms with E-state index in [1.807, 2.05) is 0 Å². The number of hydrogen-bond acceptors (Lipinski definition) is 0. The molecule has 2 aromatic carbocycles. The Bertz CT molecular complexity index is 539. The zero-order chi connectivity index (χ0) is 12.4. The Hall–Kier alpha value is -1.52. The molecule has 0 aromatic heterocycles. The molecule has 1 aliphatic heterocycles. The van der Waals surface area contributed by atoms with Gasteiger partial charge in [0.15, 0.2) is 0 Å². The molecule has 1 heterocycles. The van der Waals surface area contributed by atoms with Crippen molar-refractivity contribution in [3.05, 3.63) is 83.9 Å². The fraction of sp³-hybridized carbons (Fsp3) is 0.0588. The molecular weight excluding hydrogens is 279 g/mol. The van der Waals surface area contributed by atoms with Gasteiger partial charge in [0.2, 0.25) is 0 Å². The minimum atomic E-state index is -1.08. The van der Waals surface area contributed by atoms with E-state index >= 15 is 0 Å². The summed E-state index contributed by atoms with van der Waals surface area (Å²) >= 11 is -1.08. The van der Waals surface area contributed by atoms with Gasteiger partial charge in [0.1, 0.15) is 0 Å². The van der Waals surface area contributed by atoms with Gasteiger partial charge in [-0.15, -0.1) is 0 Å². The van der Waals surface area contributed by atoms with Gasteiger partial charge in [-0.3, -0.25) is 0 Å². The van der Waals surface area contributed by atoms with E-state index in [9.17, 15) is 0 Å². The molecule has 0 N–H and O–H groups in total. The molecular formula is C17H15As. The molecule has 0 atom stereocenters. The first-order valence-corrected chi connectivity index (χ1v) is 9.88. The standard InChI is InChI=1S/C17H15As/c1-18-16(14-8-4-2-5-9-14)12-13-17(18)15-10-6-3-7-11-15/h2-13H,1H3. The third-order valence-corrected chi connectivity index (χ3v) is 8.00. The summed E-state index contributed by atoms with van der Waals surface area (Å²) in [7, 11) is 0. The Kier molecular flexibility index (Phi) is 3.21. The molecule has 0 bridgehead atoms. The van der Waals surface area contributed by atoms with Crippen molar-refractivity contribution < 1.29 is 0 Å². The van der Waals surface area contributed by atoms with Crippen LogP contribution in [-0.2, 0) is 0 Å². The van der Waals surface area contributed by atoms with Crippen molar-refractivity contribution in [3.8, 4) is 0 Å². The summed E-state index contributed by atoms with van der Waals surface area (Å²) in [6.45, 7) is 0. The SMILES string of the molecule is C[As]1C(c2ccccc2)=CC=C1c1ccccc1. The van der Waals surface area contributed by atoms with Crippen molar-refractivity contribution >= 4 is 23.4 Å². The summed E-state index contributed by atoms with van der Waals surface area (Å²) in [5.74, 6) is 0. The maximum absolute atomic E-state index is 2.43. The second-order valence-corrected chi connectivity index (χ2v) is 8.76. The Labute approximate surface area is 113 Å². The van der Waals surface area contributed by atoms with E-state index in [-0.39, 0.29) is 0 Å². The third-order valence-electron chi connectivity index (χ3n) is 3.26. The van der Waals surface area contributed by atoms with E-state index < -0.39 is 14.7 Å². The van der Waals surface area contributed by atoms with Crippen LogP contribution in [0.3, 0.4) is 0 Å². The van der Waals surface area contributed by atoms with E-state index in [1.165, 1.54) is 11.1 Å². The van der Waals surface area contributed by atoms with Gasteiger partial charge in [-0.05, 0) is 0 Å². The van der Waals surface area contributed by atoms with Gasteiger partial charge in [-0.1, -0.05) is 0 Å². The number of rotatable bonds is 2. The molecule has 18 heavy (non-hydrogen) atoms. The number of benzene rings is 2. The fourth-order valence-electron chi connectivity index (χ4n) is 2.31. The van der Waals surface area contributed by atoms with Crippen molar-refractivity contribution in [3.63, 3.8) is 0 Å². The van der Waals surface area contributed by atoms with Crippen molar-refractivity contribution in [2.24, 2.45) is 0 Å². The van der Waals surface area contributed by atoms with Crippen LogP contribution in [0.15, 0.2) is 72.8 Å². The van der Waals surface area contributed by atoms with Gasteiger partial charge in [-0.25, -0.2) is 0 Å². The summed E-state index contributed by atoms with van der Waals surface area (Å²) in [5.41, 5.74) is 5.21. The van der Waals surface area contributed by atoms with Gasteiger partial charge in [0.05, 0.1) is 0 Å². The molecule has 0 aliphatic carbocycles. The fourth-order valence-corrected chi connectivity index (χ4v) is 6.36. The van der Waals surface area contributed by atoms with Crippen LogP contribution in [0.5, 0.6) is 0 Å². The molecule has 1 aliphatic rings. The third kappa shape index (κ3) is 2.09. The van der Waals surface area contributed by atoms with Crippen molar-refractivity contribution in [2.45, 2.75) is 5.71 Å². The Balaban J connectivity index is 1.90. The van der Waals surface area contributed by atoms with Crippen LogP contribution < -0.4 is 0 Å². The van der Waals surface area contributed by atoms with E-state index in [2.05, 4.69) is 78.5 Å². The second kappa shape index (κ2) is 5.00. The first kappa shape index (κ1) is 11.6. The summed E-state index contributed by atoms with van der Waals surface area (Å²) in [5, 5.41) is 0. The first-order chi connectivity index (χ1) is 8.86. The molecule has 88 valence electrons. The monoisotopic (exact) mass is 294 g/mol. The predicted molar refractivity (Wildman–Crippen MR) is 80.5 cm³/mol. The summed E-state index contributed by atoms with van der Waals surface area (Å²) < 4.78 is 3.11. The van der Waals surface area contributed by atoms with Crippen LogP contribution >= 0.6 is 0 Å². The van der Waals surface area contributed by atoms with E-state index in [0.717, 1.165) is 0 Å². The summed E-state index contributed by atoms with van der Waals surface area (Å²) in [4.78, 5) is 0. The van der Waals surface area contributed by atoms with Crippen LogP contribution in [0.1, 0.15) is 11.1 Å². The van der Waals surface area contributed by atoms with Gasteiger partial charge in [0.25, 0.3) is 0 Å². The number of hydrogen-bond donors (Lipinski definition) is 0. The molecule has 2 aromatic rings. The second-order valence-electron chi connectivity index (χ2n) is 4.39.